The molecule has 0 spiro atoms. The summed E-state index contributed by atoms with van der Waals surface area (Å²) in [7, 11) is 0. The zero-order chi connectivity index (χ0) is 8.10. The van der Waals surface area contributed by atoms with Gasteiger partial charge in [-0.05, 0) is 12.2 Å². The van der Waals surface area contributed by atoms with E-state index in [1.807, 2.05) is 0 Å². The van der Waals surface area contributed by atoms with Gasteiger partial charge >= 0.3 is 0 Å². The molecule has 1 rings (SSSR count). The van der Waals surface area contributed by atoms with Gasteiger partial charge in [0.1, 0.15) is 11.4 Å². The van der Waals surface area contributed by atoms with E-state index in [0.29, 0.717) is 24.0 Å². The molecule has 0 saturated heterocycles. The molecule has 0 aliphatic rings. The first-order valence-electron chi connectivity index (χ1n) is 2.74. The summed E-state index contributed by atoms with van der Waals surface area (Å²) in [6.07, 6.45) is 2.93. The van der Waals surface area contributed by atoms with Crippen molar-refractivity contribution in [3.8, 4) is 0 Å². The maximum atomic E-state index is 11.6. The van der Waals surface area contributed by atoms with Crippen molar-refractivity contribution in [2.24, 2.45) is 0 Å². The van der Waals surface area contributed by atoms with Gasteiger partial charge in [-0.15, -0.1) is 0 Å². The summed E-state index contributed by atoms with van der Waals surface area (Å²) in [5, 5.41) is 0. The third kappa shape index (κ3) is 1.91. The molecule has 1 aromatic rings. The minimum atomic E-state index is 0.339. The molecular formula is C6H4F2N2S. The Bertz CT molecular complexity index is 253. The number of nitrogens with zero attached hydrogens (tertiary/aromatic N) is 2. The van der Waals surface area contributed by atoms with E-state index < -0.39 is 0 Å². The number of hydrogen-bond acceptors (Lipinski definition) is 3. The fraction of sp³-hybridized carbons (Fsp3) is 0. The van der Waals surface area contributed by atoms with Gasteiger partial charge < -0.3 is 0 Å². The minimum absolute atomic E-state index is 0.339. The zero-order valence-corrected chi connectivity index (χ0v) is 6.18. The van der Waals surface area contributed by atoms with Crippen LogP contribution in [0.2, 0.25) is 0 Å². The second kappa shape index (κ2) is 3.92. The SMILES string of the molecule is F/C=C/c1nsnc1/C=C/F. The number of halogens is 2. The highest BCUT2D eigenvalue weighted by Crippen LogP contribution is 2.09. The Labute approximate surface area is 66.2 Å². The molecule has 0 amide bonds. The van der Waals surface area contributed by atoms with Gasteiger partial charge in [0.2, 0.25) is 0 Å². The Morgan fingerprint density at radius 2 is 1.45 bits per heavy atom. The molecule has 11 heavy (non-hydrogen) atoms. The van der Waals surface area contributed by atoms with Gasteiger partial charge in [-0.25, -0.2) is 8.78 Å². The molecule has 0 aliphatic heterocycles. The summed E-state index contributed by atoms with van der Waals surface area (Å²) in [5.74, 6) is 0. The van der Waals surface area contributed by atoms with Crippen LogP contribution in [0.3, 0.4) is 0 Å². The number of aromatic nitrogens is 2. The van der Waals surface area contributed by atoms with E-state index in [4.69, 9.17) is 0 Å². The molecule has 0 saturated carbocycles. The van der Waals surface area contributed by atoms with Crippen LogP contribution in [0.5, 0.6) is 0 Å². The normalized spacial score (nSPS) is 11.8. The van der Waals surface area contributed by atoms with E-state index in [1.165, 1.54) is 0 Å². The highest BCUT2D eigenvalue weighted by molar-refractivity contribution is 6.99. The minimum Gasteiger partial charge on any atom is -0.215 e. The van der Waals surface area contributed by atoms with E-state index in [9.17, 15) is 8.78 Å². The first-order valence-corrected chi connectivity index (χ1v) is 3.47. The smallest absolute Gasteiger partial charge is 0.107 e. The molecule has 0 aliphatic carbocycles. The van der Waals surface area contributed by atoms with E-state index in [-0.39, 0.29) is 0 Å². The molecular weight excluding hydrogens is 170 g/mol. The Hall–Kier alpha value is -1.10. The van der Waals surface area contributed by atoms with Crippen LogP contribution in [0.4, 0.5) is 8.78 Å². The van der Waals surface area contributed by atoms with Crippen LogP contribution in [-0.2, 0) is 0 Å². The molecule has 0 atom stereocenters. The molecule has 58 valence electrons. The van der Waals surface area contributed by atoms with Crippen molar-refractivity contribution in [2.75, 3.05) is 0 Å². The van der Waals surface area contributed by atoms with Crippen LogP contribution in [0.15, 0.2) is 12.7 Å². The molecule has 0 bridgehead atoms. The topological polar surface area (TPSA) is 25.8 Å². The zero-order valence-electron chi connectivity index (χ0n) is 5.37. The maximum absolute atomic E-state index is 11.6. The summed E-state index contributed by atoms with van der Waals surface area (Å²) in [6, 6.07) is 0. The molecule has 0 aromatic carbocycles. The highest BCUT2D eigenvalue weighted by Gasteiger charge is 1.99. The lowest BCUT2D eigenvalue weighted by atomic mass is 10.3. The summed E-state index contributed by atoms with van der Waals surface area (Å²) < 4.78 is 30.7. The molecule has 0 radical (unpaired) electrons. The summed E-state index contributed by atoms with van der Waals surface area (Å²) in [6.45, 7) is 0. The first-order chi connectivity index (χ1) is 5.38. The fourth-order valence-electron chi connectivity index (χ4n) is 0.553. The lowest BCUT2D eigenvalue weighted by Gasteiger charge is -1.82. The van der Waals surface area contributed by atoms with Crippen LogP contribution >= 0.6 is 11.7 Å². The van der Waals surface area contributed by atoms with E-state index in [1.54, 1.807) is 0 Å². The second-order valence-electron chi connectivity index (χ2n) is 1.62. The Balaban J connectivity index is 2.95. The van der Waals surface area contributed by atoms with Crippen molar-refractivity contribution in [2.45, 2.75) is 0 Å². The average molecular weight is 174 g/mol. The molecule has 0 unspecified atom stereocenters. The van der Waals surface area contributed by atoms with Gasteiger partial charge in [0.25, 0.3) is 0 Å². The van der Waals surface area contributed by atoms with Gasteiger partial charge in [0.15, 0.2) is 0 Å². The third-order valence-corrected chi connectivity index (χ3v) is 1.54. The monoisotopic (exact) mass is 174 g/mol. The number of rotatable bonds is 2. The summed E-state index contributed by atoms with van der Waals surface area (Å²) in [5.41, 5.74) is 0.679. The van der Waals surface area contributed by atoms with Crippen LogP contribution < -0.4 is 0 Å². The van der Waals surface area contributed by atoms with Crippen molar-refractivity contribution < 1.29 is 8.78 Å². The van der Waals surface area contributed by atoms with Gasteiger partial charge in [0.05, 0.1) is 24.4 Å². The Morgan fingerprint density at radius 1 is 1.00 bits per heavy atom. The predicted molar refractivity (Wildman–Crippen MR) is 40.2 cm³/mol. The van der Waals surface area contributed by atoms with E-state index in [0.717, 1.165) is 23.9 Å². The van der Waals surface area contributed by atoms with E-state index >= 15 is 0 Å². The van der Waals surface area contributed by atoms with Crippen molar-refractivity contribution in [3.05, 3.63) is 24.0 Å². The van der Waals surface area contributed by atoms with Crippen molar-refractivity contribution in [1.82, 2.24) is 8.75 Å². The van der Waals surface area contributed by atoms with Crippen LogP contribution in [0, 0.1) is 0 Å². The van der Waals surface area contributed by atoms with Crippen molar-refractivity contribution in [1.29, 1.82) is 0 Å². The molecule has 1 aromatic heterocycles. The van der Waals surface area contributed by atoms with Gasteiger partial charge in [-0.1, -0.05) is 0 Å². The largest absolute Gasteiger partial charge is 0.215 e. The fourth-order valence-corrected chi connectivity index (χ4v) is 1.08. The second-order valence-corrected chi connectivity index (χ2v) is 2.15. The molecule has 5 heteroatoms. The van der Waals surface area contributed by atoms with Crippen LogP contribution in [0.1, 0.15) is 11.4 Å². The average Bonchev–Trinajstić information content (AvgIpc) is 2.39. The molecule has 0 N–H and O–H groups in total. The molecule has 0 fully saturated rings. The van der Waals surface area contributed by atoms with E-state index in [2.05, 4.69) is 8.75 Å². The van der Waals surface area contributed by atoms with Crippen molar-refractivity contribution >= 4 is 23.9 Å². The summed E-state index contributed by atoms with van der Waals surface area (Å²) in [4.78, 5) is 0. The van der Waals surface area contributed by atoms with Gasteiger partial charge in [-0.2, -0.15) is 8.75 Å². The Morgan fingerprint density at radius 3 is 1.82 bits per heavy atom. The Kier molecular flexibility index (Phi) is 2.85. The maximum Gasteiger partial charge on any atom is 0.107 e. The summed E-state index contributed by atoms with van der Waals surface area (Å²) >= 11 is 0.910. The van der Waals surface area contributed by atoms with Crippen LogP contribution in [-0.4, -0.2) is 8.75 Å². The van der Waals surface area contributed by atoms with Crippen molar-refractivity contribution in [3.63, 3.8) is 0 Å². The number of hydrogen-bond donors (Lipinski definition) is 0. The van der Waals surface area contributed by atoms with Gasteiger partial charge in [-0.3, -0.25) is 0 Å². The lowest BCUT2D eigenvalue weighted by molar-refractivity contribution is 0.725. The molecule has 2 nitrogen and oxygen atoms in total. The first kappa shape index (κ1) is 8.00. The lowest BCUT2D eigenvalue weighted by Crippen LogP contribution is -1.75. The third-order valence-electron chi connectivity index (χ3n) is 0.983. The highest BCUT2D eigenvalue weighted by atomic mass is 32.1. The molecule has 1 heterocycles. The predicted octanol–water partition coefficient (Wildman–Crippen LogP) is 2.42. The van der Waals surface area contributed by atoms with Gasteiger partial charge in [0, 0.05) is 0 Å². The van der Waals surface area contributed by atoms with Crippen LogP contribution in [0.25, 0.3) is 12.2 Å². The quantitative estimate of drug-likeness (QED) is 0.688. The standard InChI is InChI=1S/C6H4F2N2S/c7-3-1-5-6(2-4-8)10-11-9-5/h1-4H/b3-1+,4-2+.